The summed E-state index contributed by atoms with van der Waals surface area (Å²) in [5.41, 5.74) is -0.753. The highest BCUT2D eigenvalue weighted by Gasteiger charge is 2.30. The second kappa shape index (κ2) is 7.82. The molecule has 2 aromatic carbocycles. The number of carbonyl (C=O) groups excluding carboxylic acids is 1. The summed E-state index contributed by atoms with van der Waals surface area (Å²) >= 11 is 0. The second-order valence-corrected chi connectivity index (χ2v) is 6.03. The van der Waals surface area contributed by atoms with Gasteiger partial charge in [-0.1, -0.05) is 0 Å². The quantitative estimate of drug-likeness (QED) is 0.703. The highest BCUT2D eigenvalue weighted by atomic mass is 19.4. The molecule has 0 atom stereocenters. The Bertz CT molecular complexity index is 1110. The van der Waals surface area contributed by atoms with Crippen LogP contribution >= 0.6 is 0 Å². The SMILES string of the molecule is COc1cc2ncn(CC(=O)Nc3ccc(C(F)(F)F)cc3)c(=O)c2cc1OC. The molecule has 0 unspecified atom stereocenters. The van der Waals surface area contributed by atoms with Gasteiger partial charge >= 0.3 is 6.18 Å². The van der Waals surface area contributed by atoms with Gasteiger partial charge in [-0.2, -0.15) is 13.2 Å². The molecule has 0 fully saturated rings. The molecule has 0 saturated heterocycles. The largest absolute Gasteiger partial charge is 0.493 e. The first-order valence-electron chi connectivity index (χ1n) is 8.31. The molecule has 0 aliphatic heterocycles. The van der Waals surface area contributed by atoms with Crippen molar-refractivity contribution in [1.82, 2.24) is 9.55 Å². The Balaban J connectivity index is 1.81. The molecule has 1 aromatic heterocycles. The number of carbonyl (C=O) groups is 1. The molecule has 3 aromatic rings. The first-order chi connectivity index (χ1) is 13.7. The molecule has 0 spiro atoms. The van der Waals surface area contributed by atoms with E-state index in [-0.39, 0.29) is 17.6 Å². The van der Waals surface area contributed by atoms with Crippen molar-refractivity contribution in [3.05, 3.63) is 58.6 Å². The molecule has 0 radical (unpaired) electrons. The van der Waals surface area contributed by atoms with Crippen molar-refractivity contribution < 1.29 is 27.4 Å². The van der Waals surface area contributed by atoms with E-state index in [1.807, 2.05) is 0 Å². The third-order valence-electron chi connectivity index (χ3n) is 4.14. The normalized spacial score (nSPS) is 11.3. The molecule has 1 amide bonds. The summed E-state index contributed by atoms with van der Waals surface area (Å²) < 4.78 is 49.2. The fraction of sp³-hybridized carbons (Fsp3) is 0.211. The summed E-state index contributed by atoms with van der Waals surface area (Å²) in [6, 6.07) is 7.01. The van der Waals surface area contributed by atoms with Crippen molar-refractivity contribution >= 4 is 22.5 Å². The summed E-state index contributed by atoms with van der Waals surface area (Å²) in [6.45, 7) is -0.364. The number of fused-ring (bicyclic) bond motifs is 1. The number of ether oxygens (including phenoxy) is 2. The summed E-state index contributed by atoms with van der Waals surface area (Å²) in [4.78, 5) is 29.0. The third-order valence-corrected chi connectivity index (χ3v) is 4.14. The fourth-order valence-electron chi connectivity index (χ4n) is 2.70. The van der Waals surface area contributed by atoms with Gasteiger partial charge in [-0.3, -0.25) is 14.2 Å². The molecule has 0 aliphatic rings. The number of halogens is 3. The van der Waals surface area contributed by atoms with Gasteiger partial charge in [0.25, 0.3) is 5.56 Å². The number of alkyl halides is 3. The van der Waals surface area contributed by atoms with Crippen molar-refractivity contribution in [2.75, 3.05) is 19.5 Å². The lowest BCUT2D eigenvalue weighted by Gasteiger charge is -2.11. The number of nitrogens with zero attached hydrogens (tertiary/aromatic N) is 2. The Hall–Kier alpha value is -3.56. The predicted molar refractivity (Wildman–Crippen MR) is 99.2 cm³/mol. The minimum Gasteiger partial charge on any atom is -0.493 e. The van der Waals surface area contributed by atoms with Crippen molar-refractivity contribution in [2.45, 2.75) is 12.7 Å². The topological polar surface area (TPSA) is 82.5 Å². The van der Waals surface area contributed by atoms with Crippen molar-refractivity contribution in [2.24, 2.45) is 0 Å². The lowest BCUT2D eigenvalue weighted by molar-refractivity contribution is -0.137. The van der Waals surface area contributed by atoms with Crippen LogP contribution in [0.4, 0.5) is 18.9 Å². The van der Waals surface area contributed by atoms with E-state index in [4.69, 9.17) is 9.47 Å². The monoisotopic (exact) mass is 407 g/mol. The summed E-state index contributed by atoms with van der Waals surface area (Å²) in [7, 11) is 2.88. The number of methoxy groups -OCH3 is 2. The first kappa shape index (κ1) is 20.2. The Labute approximate surface area is 162 Å². The van der Waals surface area contributed by atoms with Crippen molar-refractivity contribution in [1.29, 1.82) is 0 Å². The van der Waals surface area contributed by atoms with E-state index in [1.165, 1.54) is 26.6 Å². The van der Waals surface area contributed by atoms with Gasteiger partial charge in [-0.05, 0) is 30.3 Å². The molecule has 0 aliphatic carbocycles. The average Bonchev–Trinajstić information content (AvgIpc) is 2.69. The number of hydrogen-bond donors (Lipinski definition) is 1. The van der Waals surface area contributed by atoms with Crippen LogP contribution in [0.5, 0.6) is 11.5 Å². The van der Waals surface area contributed by atoms with Crippen LogP contribution in [0.15, 0.2) is 47.5 Å². The smallest absolute Gasteiger partial charge is 0.416 e. The van der Waals surface area contributed by atoms with Crippen LogP contribution in [0.1, 0.15) is 5.56 Å². The molecule has 0 saturated carbocycles. The van der Waals surface area contributed by atoms with Gasteiger partial charge in [-0.15, -0.1) is 0 Å². The molecular weight excluding hydrogens is 391 g/mol. The van der Waals surface area contributed by atoms with Gasteiger partial charge in [0, 0.05) is 11.8 Å². The van der Waals surface area contributed by atoms with E-state index in [0.717, 1.165) is 28.8 Å². The van der Waals surface area contributed by atoms with Gasteiger partial charge in [0.1, 0.15) is 6.54 Å². The fourth-order valence-corrected chi connectivity index (χ4v) is 2.70. The lowest BCUT2D eigenvalue weighted by atomic mass is 10.2. The van der Waals surface area contributed by atoms with Crippen LogP contribution in [0.25, 0.3) is 10.9 Å². The van der Waals surface area contributed by atoms with Crippen LogP contribution in [-0.4, -0.2) is 29.7 Å². The molecule has 7 nitrogen and oxygen atoms in total. The zero-order valence-electron chi connectivity index (χ0n) is 15.4. The summed E-state index contributed by atoms with van der Waals surface area (Å²) in [5, 5.41) is 2.68. The predicted octanol–water partition coefficient (Wildman–Crippen LogP) is 3.07. The maximum absolute atomic E-state index is 12.7. The summed E-state index contributed by atoms with van der Waals surface area (Å²) in [6.07, 6.45) is -3.25. The second-order valence-electron chi connectivity index (χ2n) is 6.03. The van der Waals surface area contributed by atoms with Gasteiger partial charge in [0.15, 0.2) is 11.5 Å². The Morgan fingerprint density at radius 1 is 1.10 bits per heavy atom. The minimum atomic E-state index is -4.46. The number of aromatic nitrogens is 2. The Morgan fingerprint density at radius 2 is 1.72 bits per heavy atom. The van der Waals surface area contributed by atoms with Gasteiger partial charge in [0.05, 0.1) is 37.0 Å². The highest BCUT2D eigenvalue weighted by Crippen LogP contribution is 2.30. The van der Waals surface area contributed by atoms with Gasteiger partial charge in [-0.25, -0.2) is 4.98 Å². The van der Waals surface area contributed by atoms with Crippen LogP contribution in [0, 0.1) is 0 Å². The van der Waals surface area contributed by atoms with Crippen molar-refractivity contribution in [3.8, 4) is 11.5 Å². The number of nitrogens with one attached hydrogen (secondary N) is 1. The van der Waals surface area contributed by atoms with Gasteiger partial charge < -0.3 is 14.8 Å². The number of rotatable bonds is 5. The average molecular weight is 407 g/mol. The van der Waals surface area contributed by atoms with E-state index in [0.29, 0.717) is 17.0 Å². The molecule has 0 bridgehead atoms. The first-order valence-corrected chi connectivity index (χ1v) is 8.31. The zero-order chi connectivity index (χ0) is 21.2. The number of amides is 1. The van der Waals surface area contributed by atoms with E-state index in [2.05, 4.69) is 10.3 Å². The lowest BCUT2D eigenvalue weighted by Crippen LogP contribution is -2.28. The third kappa shape index (κ3) is 4.31. The minimum absolute atomic E-state index is 0.177. The number of benzene rings is 2. The standard InChI is InChI=1S/C19H16F3N3O4/c1-28-15-7-13-14(8-16(15)29-2)23-10-25(18(13)27)9-17(26)24-12-5-3-11(4-6-12)19(20,21)22/h3-8,10H,9H2,1-2H3,(H,24,26). The maximum Gasteiger partial charge on any atom is 0.416 e. The molecule has 10 heteroatoms. The molecule has 152 valence electrons. The summed E-state index contributed by atoms with van der Waals surface area (Å²) in [5.74, 6) is 0.157. The molecule has 3 rings (SSSR count). The van der Waals surface area contributed by atoms with E-state index in [9.17, 15) is 22.8 Å². The van der Waals surface area contributed by atoms with Crippen LogP contribution < -0.4 is 20.3 Å². The van der Waals surface area contributed by atoms with Crippen LogP contribution in [0.2, 0.25) is 0 Å². The van der Waals surface area contributed by atoms with E-state index in [1.54, 1.807) is 6.07 Å². The van der Waals surface area contributed by atoms with Crippen molar-refractivity contribution in [3.63, 3.8) is 0 Å². The van der Waals surface area contributed by atoms with Crippen LogP contribution in [0.3, 0.4) is 0 Å². The number of hydrogen-bond acceptors (Lipinski definition) is 5. The van der Waals surface area contributed by atoms with E-state index >= 15 is 0 Å². The zero-order valence-corrected chi connectivity index (χ0v) is 15.4. The maximum atomic E-state index is 12.7. The molecular formula is C19H16F3N3O4. The molecule has 1 heterocycles. The van der Waals surface area contributed by atoms with E-state index < -0.39 is 23.2 Å². The number of anilines is 1. The van der Waals surface area contributed by atoms with Crippen LogP contribution in [-0.2, 0) is 17.5 Å². The Morgan fingerprint density at radius 3 is 2.31 bits per heavy atom. The van der Waals surface area contributed by atoms with Gasteiger partial charge in [0.2, 0.25) is 5.91 Å². The highest BCUT2D eigenvalue weighted by molar-refractivity contribution is 5.90. The molecule has 1 N–H and O–H groups in total. The Kier molecular flexibility index (Phi) is 5.44. The molecule has 29 heavy (non-hydrogen) atoms.